The summed E-state index contributed by atoms with van der Waals surface area (Å²) in [6.07, 6.45) is 0. The number of benzene rings is 2. The van der Waals surface area contributed by atoms with Crippen LogP contribution in [0.4, 0.5) is 20.2 Å². The van der Waals surface area contributed by atoms with Gasteiger partial charge in [0, 0.05) is 5.56 Å². The van der Waals surface area contributed by atoms with Gasteiger partial charge >= 0.3 is 0 Å². The van der Waals surface area contributed by atoms with E-state index in [4.69, 9.17) is 5.73 Å². The molecule has 0 fully saturated rings. The van der Waals surface area contributed by atoms with Gasteiger partial charge in [-0.2, -0.15) is 0 Å². The highest BCUT2D eigenvalue weighted by atomic mass is 19.2. The molecule has 0 aliphatic rings. The van der Waals surface area contributed by atoms with E-state index in [0.717, 1.165) is 11.6 Å². The van der Waals surface area contributed by atoms with Crippen LogP contribution in [0.15, 0.2) is 36.4 Å². The zero-order chi connectivity index (χ0) is 14.0. The first-order valence-corrected chi connectivity index (χ1v) is 5.60. The van der Waals surface area contributed by atoms with Gasteiger partial charge < -0.3 is 11.1 Å². The second-order valence-electron chi connectivity index (χ2n) is 4.15. The van der Waals surface area contributed by atoms with Crippen molar-refractivity contribution in [3.05, 3.63) is 59.2 Å². The van der Waals surface area contributed by atoms with Gasteiger partial charge in [-0.3, -0.25) is 4.79 Å². The number of carbonyl (C=O) groups excluding carboxylic acids is 1. The van der Waals surface area contributed by atoms with Crippen LogP contribution in [-0.4, -0.2) is 5.91 Å². The summed E-state index contributed by atoms with van der Waals surface area (Å²) in [6.45, 7) is 1.83. The van der Waals surface area contributed by atoms with Crippen LogP contribution in [0.5, 0.6) is 0 Å². The maximum atomic E-state index is 13.5. The smallest absolute Gasteiger partial charge is 0.255 e. The van der Waals surface area contributed by atoms with Crippen LogP contribution in [0.2, 0.25) is 0 Å². The van der Waals surface area contributed by atoms with Crippen LogP contribution in [0.3, 0.4) is 0 Å². The number of anilines is 2. The van der Waals surface area contributed by atoms with Gasteiger partial charge in [0.25, 0.3) is 5.91 Å². The lowest BCUT2D eigenvalue weighted by Crippen LogP contribution is -2.15. The number of nitrogens with one attached hydrogen (secondary N) is 1. The average molecular weight is 262 g/mol. The molecule has 19 heavy (non-hydrogen) atoms. The van der Waals surface area contributed by atoms with Crippen molar-refractivity contribution in [3.8, 4) is 0 Å². The lowest BCUT2D eigenvalue weighted by Gasteiger charge is -2.10. The molecule has 0 radical (unpaired) electrons. The summed E-state index contributed by atoms with van der Waals surface area (Å²) in [5.41, 5.74) is 6.40. The van der Waals surface area contributed by atoms with Crippen LogP contribution < -0.4 is 11.1 Å². The van der Waals surface area contributed by atoms with E-state index in [2.05, 4.69) is 5.32 Å². The van der Waals surface area contributed by atoms with Crippen LogP contribution in [0, 0.1) is 18.6 Å². The fourth-order valence-corrected chi connectivity index (χ4v) is 1.66. The largest absolute Gasteiger partial charge is 0.397 e. The van der Waals surface area contributed by atoms with E-state index in [0.29, 0.717) is 5.56 Å². The molecule has 5 heteroatoms. The average Bonchev–Trinajstić information content (AvgIpc) is 2.39. The molecular formula is C14H12F2N2O. The van der Waals surface area contributed by atoms with Crippen LogP contribution in [0.1, 0.15) is 15.9 Å². The minimum absolute atomic E-state index is 0.0279. The second-order valence-corrected chi connectivity index (χ2v) is 4.15. The molecule has 0 aromatic heterocycles. The maximum Gasteiger partial charge on any atom is 0.255 e. The molecule has 0 atom stereocenters. The molecule has 0 heterocycles. The highest BCUT2D eigenvalue weighted by Gasteiger charge is 2.15. The third kappa shape index (κ3) is 2.70. The lowest BCUT2D eigenvalue weighted by atomic mass is 10.1. The van der Waals surface area contributed by atoms with Crippen molar-refractivity contribution in [1.82, 2.24) is 0 Å². The summed E-state index contributed by atoms with van der Waals surface area (Å²) >= 11 is 0. The molecule has 0 bridgehead atoms. The van der Waals surface area contributed by atoms with E-state index in [1.807, 2.05) is 13.0 Å². The fourth-order valence-electron chi connectivity index (χ4n) is 1.66. The maximum absolute atomic E-state index is 13.5. The molecule has 2 rings (SSSR count). The highest BCUT2D eigenvalue weighted by Crippen LogP contribution is 2.25. The second kappa shape index (κ2) is 5.06. The molecule has 3 nitrogen and oxygen atoms in total. The Morgan fingerprint density at radius 2 is 1.95 bits per heavy atom. The first-order chi connectivity index (χ1) is 8.99. The van der Waals surface area contributed by atoms with E-state index < -0.39 is 17.5 Å². The van der Waals surface area contributed by atoms with E-state index in [9.17, 15) is 13.6 Å². The molecule has 0 saturated carbocycles. The van der Waals surface area contributed by atoms with Crippen molar-refractivity contribution >= 4 is 17.3 Å². The third-order valence-corrected chi connectivity index (χ3v) is 2.65. The quantitative estimate of drug-likeness (QED) is 0.817. The molecule has 0 aliphatic carbocycles. The number of rotatable bonds is 2. The van der Waals surface area contributed by atoms with Gasteiger partial charge in [-0.05, 0) is 31.2 Å². The zero-order valence-electron chi connectivity index (χ0n) is 10.2. The number of nitrogen functional groups attached to an aromatic ring is 1. The number of nitrogens with two attached hydrogens (primary N) is 1. The number of hydrogen-bond acceptors (Lipinski definition) is 2. The Balaban J connectivity index is 2.32. The van der Waals surface area contributed by atoms with E-state index >= 15 is 0 Å². The Morgan fingerprint density at radius 3 is 2.63 bits per heavy atom. The summed E-state index contributed by atoms with van der Waals surface area (Å²) < 4.78 is 26.6. The van der Waals surface area contributed by atoms with Gasteiger partial charge in [0.05, 0.1) is 5.69 Å². The topological polar surface area (TPSA) is 55.1 Å². The third-order valence-electron chi connectivity index (χ3n) is 2.65. The monoisotopic (exact) mass is 262 g/mol. The molecular weight excluding hydrogens is 250 g/mol. The Kier molecular flexibility index (Phi) is 3.46. The number of amides is 1. The lowest BCUT2D eigenvalue weighted by molar-refractivity contribution is 0.102. The molecule has 0 aliphatic heterocycles. The molecule has 98 valence electrons. The standard InChI is InChI=1S/C14H12F2N2O/c1-8-3-2-4-9(7-8)14(19)18-13-11(17)6-5-10(15)12(13)16/h2-7H,17H2,1H3,(H,18,19). The van der Waals surface area contributed by atoms with Crippen LogP contribution >= 0.6 is 0 Å². The van der Waals surface area contributed by atoms with Crippen molar-refractivity contribution in [3.63, 3.8) is 0 Å². The summed E-state index contributed by atoms with van der Waals surface area (Å²) in [7, 11) is 0. The van der Waals surface area contributed by atoms with Gasteiger partial charge in [-0.15, -0.1) is 0 Å². The Hall–Kier alpha value is -2.43. The van der Waals surface area contributed by atoms with Gasteiger partial charge in [0.1, 0.15) is 5.69 Å². The zero-order valence-corrected chi connectivity index (χ0v) is 10.2. The van der Waals surface area contributed by atoms with Gasteiger partial charge in [-0.25, -0.2) is 8.78 Å². The Labute approximate surface area is 109 Å². The van der Waals surface area contributed by atoms with Gasteiger partial charge in [-0.1, -0.05) is 17.7 Å². The van der Waals surface area contributed by atoms with E-state index in [1.54, 1.807) is 18.2 Å². The summed E-state index contributed by atoms with van der Waals surface area (Å²) in [5.74, 6) is -2.77. The molecule has 1 amide bonds. The van der Waals surface area contributed by atoms with E-state index in [-0.39, 0.29) is 11.4 Å². The summed E-state index contributed by atoms with van der Waals surface area (Å²) in [5, 5.41) is 2.28. The van der Waals surface area contributed by atoms with Crippen LogP contribution in [-0.2, 0) is 0 Å². The molecule has 2 aromatic carbocycles. The minimum atomic E-state index is -1.17. The number of aryl methyl sites for hydroxylation is 1. The number of halogens is 2. The Morgan fingerprint density at radius 1 is 1.21 bits per heavy atom. The number of hydrogen-bond donors (Lipinski definition) is 2. The molecule has 3 N–H and O–H groups in total. The summed E-state index contributed by atoms with van der Waals surface area (Å²) in [4.78, 5) is 11.9. The predicted molar refractivity (Wildman–Crippen MR) is 69.9 cm³/mol. The fraction of sp³-hybridized carbons (Fsp3) is 0.0714. The molecule has 0 spiro atoms. The first kappa shape index (κ1) is 13.0. The SMILES string of the molecule is Cc1cccc(C(=O)Nc2c(N)ccc(F)c2F)c1. The van der Waals surface area contributed by atoms with Gasteiger partial charge in [0.15, 0.2) is 11.6 Å². The van der Waals surface area contributed by atoms with Crippen molar-refractivity contribution < 1.29 is 13.6 Å². The van der Waals surface area contributed by atoms with Gasteiger partial charge in [0.2, 0.25) is 0 Å². The Bertz CT molecular complexity index is 641. The first-order valence-electron chi connectivity index (χ1n) is 5.60. The van der Waals surface area contributed by atoms with E-state index in [1.165, 1.54) is 6.07 Å². The highest BCUT2D eigenvalue weighted by molar-refractivity contribution is 6.05. The number of carbonyl (C=O) groups is 1. The van der Waals surface area contributed by atoms with Crippen molar-refractivity contribution in [2.24, 2.45) is 0 Å². The normalized spacial score (nSPS) is 10.3. The molecule has 0 unspecified atom stereocenters. The van der Waals surface area contributed by atoms with Crippen molar-refractivity contribution in [2.75, 3.05) is 11.1 Å². The minimum Gasteiger partial charge on any atom is -0.397 e. The predicted octanol–water partition coefficient (Wildman–Crippen LogP) is 3.11. The molecule has 0 saturated heterocycles. The van der Waals surface area contributed by atoms with Crippen molar-refractivity contribution in [2.45, 2.75) is 6.92 Å². The van der Waals surface area contributed by atoms with Crippen molar-refractivity contribution in [1.29, 1.82) is 0 Å². The summed E-state index contributed by atoms with van der Waals surface area (Å²) in [6, 6.07) is 8.86. The molecule has 2 aromatic rings. The van der Waals surface area contributed by atoms with Crippen LogP contribution in [0.25, 0.3) is 0 Å².